The zero-order chi connectivity index (χ0) is 8.82. The fourth-order valence-corrected chi connectivity index (χ4v) is 3.26. The normalized spacial score (nSPS) is 44.8. The molecular weight excluding hydrogens is 148 g/mol. The molecule has 0 amide bonds. The van der Waals surface area contributed by atoms with Crippen LogP contribution in [0.4, 0.5) is 0 Å². The molecule has 1 heteroatoms. The third-order valence-corrected chi connectivity index (χ3v) is 3.94. The van der Waals surface area contributed by atoms with E-state index in [1.165, 1.54) is 32.1 Å². The van der Waals surface area contributed by atoms with Crippen LogP contribution in [-0.4, -0.2) is 11.7 Å². The first kappa shape index (κ1) is 8.55. The van der Waals surface area contributed by atoms with Crippen molar-refractivity contribution in [2.45, 2.75) is 46.0 Å². The average molecular weight is 168 g/mol. The van der Waals surface area contributed by atoms with Gasteiger partial charge in [-0.3, -0.25) is 0 Å². The molecule has 0 aliphatic heterocycles. The topological polar surface area (TPSA) is 20.2 Å². The molecule has 2 fully saturated rings. The molecule has 2 atom stereocenters. The Hall–Kier alpha value is -0.0400. The van der Waals surface area contributed by atoms with E-state index in [1.54, 1.807) is 0 Å². The summed E-state index contributed by atoms with van der Waals surface area (Å²) in [5, 5.41) is 9.09. The fraction of sp³-hybridized carbons (Fsp3) is 1.00. The van der Waals surface area contributed by atoms with E-state index in [1.807, 2.05) is 0 Å². The van der Waals surface area contributed by atoms with E-state index in [0.717, 1.165) is 0 Å². The van der Waals surface area contributed by atoms with Crippen LogP contribution < -0.4 is 0 Å². The molecule has 1 spiro atoms. The minimum absolute atomic E-state index is 0.427. The van der Waals surface area contributed by atoms with Gasteiger partial charge in [0.25, 0.3) is 0 Å². The van der Waals surface area contributed by atoms with Crippen LogP contribution in [-0.2, 0) is 0 Å². The van der Waals surface area contributed by atoms with Gasteiger partial charge in [-0.1, -0.05) is 20.3 Å². The summed E-state index contributed by atoms with van der Waals surface area (Å²) in [6.45, 7) is 5.18. The molecule has 0 bridgehead atoms. The van der Waals surface area contributed by atoms with Crippen LogP contribution in [0.5, 0.6) is 0 Å². The van der Waals surface area contributed by atoms with E-state index in [-0.39, 0.29) is 0 Å². The van der Waals surface area contributed by atoms with Gasteiger partial charge in [-0.25, -0.2) is 0 Å². The van der Waals surface area contributed by atoms with Crippen molar-refractivity contribution in [1.29, 1.82) is 0 Å². The second-order valence-corrected chi connectivity index (χ2v) is 5.64. The number of aliphatic hydroxyl groups is 1. The van der Waals surface area contributed by atoms with Gasteiger partial charge in [0.1, 0.15) is 0 Å². The largest absolute Gasteiger partial charge is 0.396 e. The average Bonchev–Trinajstić information content (AvgIpc) is 2.60. The van der Waals surface area contributed by atoms with Crippen molar-refractivity contribution < 1.29 is 5.11 Å². The molecule has 0 aromatic heterocycles. The predicted molar refractivity (Wildman–Crippen MR) is 49.9 cm³/mol. The quantitative estimate of drug-likeness (QED) is 0.638. The predicted octanol–water partition coefficient (Wildman–Crippen LogP) is 2.59. The Morgan fingerprint density at radius 1 is 1.33 bits per heavy atom. The lowest BCUT2D eigenvalue weighted by atomic mass is 9.69. The lowest BCUT2D eigenvalue weighted by Gasteiger charge is -2.36. The highest BCUT2D eigenvalue weighted by atomic mass is 16.3. The third-order valence-electron chi connectivity index (χ3n) is 3.94. The summed E-state index contributed by atoms with van der Waals surface area (Å²) in [6.07, 6.45) is 6.79. The molecule has 0 saturated heterocycles. The van der Waals surface area contributed by atoms with E-state index in [2.05, 4.69) is 13.8 Å². The maximum Gasteiger partial charge on any atom is 0.0464 e. The van der Waals surface area contributed by atoms with Gasteiger partial charge in [-0.05, 0) is 42.4 Å². The minimum atomic E-state index is 0.427. The van der Waals surface area contributed by atoms with Gasteiger partial charge < -0.3 is 5.11 Å². The lowest BCUT2D eigenvalue weighted by molar-refractivity contribution is 0.136. The summed E-state index contributed by atoms with van der Waals surface area (Å²) in [5.41, 5.74) is 1.12. The van der Waals surface area contributed by atoms with Crippen molar-refractivity contribution in [1.82, 2.24) is 0 Å². The van der Waals surface area contributed by atoms with Crippen molar-refractivity contribution in [2.75, 3.05) is 6.61 Å². The van der Waals surface area contributed by atoms with Gasteiger partial charge in [0.2, 0.25) is 0 Å². The molecule has 0 aromatic carbocycles. The Morgan fingerprint density at radius 3 is 2.58 bits per heavy atom. The summed E-state index contributed by atoms with van der Waals surface area (Å²) in [7, 11) is 0. The first-order chi connectivity index (χ1) is 5.58. The Kier molecular flexibility index (Phi) is 1.76. The van der Waals surface area contributed by atoms with Crippen LogP contribution in [0.2, 0.25) is 0 Å². The smallest absolute Gasteiger partial charge is 0.0464 e. The molecule has 12 heavy (non-hydrogen) atoms. The van der Waals surface area contributed by atoms with Crippen LogP contribution in [0.3, 0.4) is 0 Å². The van der Waals surface area contributed by atoms with Crippen LogP contribution >= 0.6 is 0 Å². The van der Waals surface area contributed by atoms with Crippen molar-refractivity contribution in [3.8, 4) is 0 Å². The Balaban J connectivity index is 2.01. The first-order valence-electron chi connectivity index (χ1n) is 5.19. The standard InChI is InChI=1S/C11H20O/c1-10(2)4-3-5-11(8-10)6-9(11)7-12/h9,12H,3-8H2,1-2H3. The number of hydrogen-bond donors (Lipinski definition) is 1. The van der Waals surface area contributed by atoms with Crippen LogP contribution in [0.25, 0.3) is 0 Å². The summed E-state index contributed by atoms with van der Waals surface area (Å²) < 4.78 is 0. The van der Waals surface area contributed by atoms with E-state index >= 15 is 0 Å². The maximum atomic E-state index is 9.09. The number of rotatable bonds is 1. The molecule has 2 unspecified atom stereocenters. The third kappa shape index (κ3) is 1.28. The molecule has 2 saturated carbocycles. The van der Waals surface area contributed by atoms with Crippen molar-refractivity contribution in [3.63, 3.8) is 0 Å². The molecule has 0 heterocycles. The molecule has 1 N–H and O–H groups in total. The van der Waals surface area contributed by atoms with Crippen LogP contribution in [0.15, 0.2) is 0 Å². The highest BCUT2D eigenvalue weighted by Crippen LogP contribution is 2.64. The van der Waals surface area contributed by atoms with E-state index in [4.69, 9.17) is 5.11 Å². The molecule has 2 aliphatic rings. The fourth-order valence-electron chi connectivity index (χ4n) is 3.26. The molecular formula is C11H20O. The monoisotopic (exact) mass is 168 g/mol. The molecule has 2 aliphatic carbocycles. The van der Waals surface area contributed by atoms with E-state index < -0.39 is 0 Å². The van der Waals surface area contributed by atoms with Crippen molar-refractivity contribution >= 4 is 0 Å². The number of aliphatic hydroxyl groups excluding tert-OH is 1. The SMILES string of the molecule is CC1(C)CCCC2(CC2CO)C1. The second-order valence-electron chi connectivity index (χ2n) is 5.64. The van der Waals surface area contributed by atoms with Crippen LogP contribution in [0.1, 0.15) is 46.0 Å². The van der Waals surface area contributed by atoms with Gasteiger partial charge in [-0.2, -0.15) is 0 Å². The summed E-state index contributed by atoms with van der Waals surface area (Å²) in [6, 6.07) is 0. The number of hydrogen-bond acceptors (Lipinski definition) is 1. The minimum Gasteiger partial charge on any atom is -0.396 e. The Labute approximate surface area is 75.2 Å². The van der Waals surface area contributed by atoms with E-state index in [0.29, 0.717) is 23.4 Å². The first-order valence-corrected chi connectivity index (χ1v) is 5.19. The summed E-state index contributed by atoms with van der Waals surface area (Å²) in [4.78, 5) is 0. The summed E-state index contributed by atoms with van der Waals surface area (Å²) in [5.74, 6) is 0.650. The maximum absolute atomic E-state index is 9.09. The van der Waals surface area contributed by atoms with Crippen LogP contribution in [0, 0.1) is 16.7 Å². The lowest BCUT2D eigenvalue weighted by Crippen LogP contribution is -2.25. The Bertz CT molecular complexity index is 185. The highest BCUT2D eigenvalue weighted by molar-refractivity contribution is 5.06. The summed E-state index contributed by atoms with van der Waals surface area (Å²) >= 11 is 0. The van der Waals surface area contributed by atoms with Gasteiger partial charge >= 0.3 is 0 Å². The van der Waals surface area contributed by atoms with Crippen molar-refractivity contribution in [3.05, 3.63) is 0 Å². The zero-order valence-corrected chi connectivity index (χ0v) is 8.27. The zero-order valence-electron chi connectivity index (χ0n) is 8.27. The van der Waals surface area contributed by atoms with E-state index in [9.17, 15) is 0 Å². The highest BCUT2D eigenvalue weighted by Gasteiger charge is 2.56. The molecule has 70 valence electrons. The molecule has 0 aromatic rings. The molecule has 1 nitrogen and oxygen atoms in total. The van der Waals surface area contributed by atoms with Gasteiger partial charge in [0, 0.05) is 6.61 Å². The molecule has 0 radical (unpaired) electrons. The van der Waals surface area contributed by atoms with Gasteiger partial charge in [-0.15, -0.1) is 0 Å². The van der Waals surface area contributed by atoms with Crippen molar-refractivity contribution in [2.24, 2.45) is 16.7 Å². The van der Waals surface area contributed by atoms with Gasteiger partial charge in [0.05, 0.1) is 0 Å². The molecule has 2 rings (SSSR count). The Morgan fingerprint density at radius 2 is 2.08 bits per heavy atom. The van der Waals surface area contributed by atoms with Gasteiger partial charge in [0.15, 0.2) is 0 Å². The second kappa shape index (κ2) is 2.47.